The highest BCUT2D eigenvalue weighted by Gasteiger charge is 2.24. The molecule has 2 aromatic heterocycles. The van der Waals surface area contributed by atoms with E-state index in [4.69, 9.17) is 11.6 Å². The van der Waals surface area contributed by atoms with Crippen molar-refractivity contribution in [2.75, 3.05) is 5.32 Å². The number of thiazole rings is 1. The van der Waals surface area contributed by atoms with Crippen LogP contribution in [0, 0.1) is 18.8 Å². The van der Waals surface area contributed by atoms with E-state index in [2.05, 4.69) is 36.2 Å². The SMILES string of the molecule is Cc1nn(CC(C)C)c(Cl)c1C(=O)Nc1nc2c(s1)C[C@@H](C)CC2. The van der Waals surface area contributed by atoms with Crippen LogP contribution in [0.4, 0.5) is 5.13 Å². The zero-order valence-electron chi connectivity index (χ0n) is 14.5. The second-order valence-corrected chi connectivity index (χ2v) is 8.46. The van der Waals surface area contributed by atoms with Crippen LogP contribution < -0.4 is 5.32 Å². The Morgan fingerprint density at radius 3 is 2.96 bits per heavy atom. The highest BCUT2D eigenvalue weighted by molar-refractivity contribution is 7.15. The van der Waals surface area contributed by atoms with Crippen molar-refractivity contribution in [3.8, 4) is 0 Å². The van der Waals surface area contributed by atoms with Crippen LogP contribution in [0.15, 0.2) is 0 Å². The Balaban J connectivity index is 1.79. The van der Waals surface area contributed by atoms with Crippen LogP contribution in [0.5, 0.6) is 0 Å². The van der Waals surface area contributed by atoms with Crippen molar-refractivity contribution in [3.05, 3.63) is 27.0 Å². The van der Waals surface area contributed by atoms with Gasteiger partial charge < -0.3 is 0 Å². The van der Waals surface area contributed by atoms with E-state index in [0.717, 1.165) is 25.0 Å². The molecule has 1 N–H and O–H groups in total. The molecule has 0 aliphatic heterocycles. The van der Waals surface area contributed by atoms with Crippen molar-refractivity contribution in [2.24, 2.45) is 11.8 Å². The Kier molecular flexibility index (Phi) is 4.97. The number of nitrogens with one attached hydrogen (secondary N) is 1. The van der Waals surface area contributed by atoms with E-state index in [9.17, 15) is 4.79 Å². The Hall–Kier alpha value is -1.40. The number of anilines is 1. The summed E-state index contributed by atoms with van der Waals surface area (Å²) in [7, 11) is 0. The predicted octanol–water partition coefficient (Wildman–Crippen LogP) is 4.33. The maximum absolute atomic E-state index is 12.6. The van der Waals surface area contributed by atoms with Crippen LogP contribution in [0.1, 0.15) is 53.8 Å². The number of halogens is 1. The van der Waals surface area contributed by atoms with Crippen LogP contribution in [-0.4, -0.2) is 20.7 Å². The van der Waals surface area contributed by atoms with Gasteiger partial charge in [0.25, 0.3) is 5.91 Å². The molecule has 0 spiro atoms. The number of carbonyl (C=O) groups is 1. The standard InChI is InChI=1S/C17H23ClN4OS/c1-9(2)8-22-15(18)14(11(4)21-22)16(23)20-17-19-12-6-5-10(3)7-13(12)24-17/h9-10H,5-8H2,1-4H3,(H,19,20,23)/t10-/m0/s1. The molecule has 0 unspecified atom stereocenters. The van der Waals surface area contributed by atoms with Gasteiger partial charge in [-0.2, -0.15) is 5.10 Å². The molecule has 1 amide bonds. The summed E-state index contributed by atoms with van der Waals surface area (Å²) in [5.74, 6) is 0.865. The summed E-state index contributed by atoms with van der Waals surface area (Å²) in [5, 5.41) is 8.36. The highest BCUT2D eigenvalue weighted by atomic mass is 35.5. The molecule has 130 valence electrons. The van der Waals surface area contributed by atoms with Gasteiger partial charge in [-0.1, -0.05) is 32.4 Å². The highest BCUT2D eigenvalue weighted by Crippen LogP contribution is 2.32. The molecule has 0 saturated heterocycles. The fraction of sp³-hybridized carbons (Fsp3) is 0.588. The van der Waals surface area contributed by atoms with Gasteiger partial charge in [0.05, 0.1) is 17.0 Å². The van der Waals surface area contributed by atoms with Crippen LogP contribution >= 0.6 is 22.9 Å². The molecule has 0 radical (unpaired) electrons. The number of aromatic nitrogens is 3. The maximum atomic E-state index is 12.6. The lowest BCUT2D eigenvalue weighted by Gasteiger charge is -2.15. The Morgan fingerprint density at radius 1 is 1.50 bits per heavy atom. The number of fused-ring (bicyclic) bond motifs is 1. The molecule has 1 aliphatic carbocycles. The van der Waals surface area contributed by atoms with E-state index >= 15 is 0 Å². The summed E-state index contributed by atoms with van der Waals surface area (Å²) in [4.78, 5) is 18.5. The first kappa shape index (κ1) is 17.4. The van der Waals surface area contributed by atoms with Crippen molar-refractivity contribution in [3.63, 3.8) is 0 Å². The van der Waals surface area contributed by atoms with E-state index in [-0.39, 0.29) is 5.91 Å². The van der Waals surface area contributed by atoms with Gasteiger partial charge in [0.1, 0.15) is 5.15 Å². The molecule has 0 aromatic carbocycles. The second-order valence-electron chi connectivity index (χ2n) is 7.02. The topological polar surface area (TPSA) is 59.8 Å². The summed E-state index contributed by atoms with van der Waals surface area (Å²) in [5.41, 5.74) is 2.22. The van der Waals surface area contributed by atoms with Gasteiger partial charge >= 0.3 is 0 Å². The Bertz CT molecular complexity index is 765. The first-order valence-corrected chi connectivity index (χ1v) is 9.57. The lowest BCUT2D eigenvalue weighted by Crippen LogP contribution is -2.13. The molecular weight excluding hydrogens is 344 g/mol. The first-order valence-electron chi connectivity index (χ1n) is 8.38. The minimum Gasteiger partial charge on any atom is -0.298 e. The van der Waals surface area contributed by atoms with Gasteiger partial charge in [0, 0.05) is 11.4 Å². The van der Waals surface area contributed by atoms with Gasteiger partial charge in [-0.3, -0.25) is 14.8 Å². The third-order valence-corrected chi connectivity index (χ3v) is 5.66. The molecule has 1 aliphatic rings. The normalized spacial score (nSPS) is 17.2. The van der Waals surface area contributed by atoms with E-state index in [0.29, 0.717) is 39.9 Å². The van der Waals surface area contributed by atoms with Crippen molar-refractivity contribution in [2.45, 2.75) is 53.5 Å². The van der Waals surface area contributed by atoms with Gasteiger partial charge in [0.15, 0.2) is 5.13 Å². The average Bonchev–Trinajstić information content (AvgIpc) is 2.98. The maximum Gasteiger partial charge on any atom is 0.262 e. The number of amides is 1. The number of hydrogen-bond donors (Lipinski definition) is 1. The van der Waals surface area contributed by atoms with Crippen molar-refractivity contribution in [1.29, 1.82) is 0 Å². The number of aryl methyl sites for hydroxylation is 2. The van der Waals surface area contributed by atoms with E-state index in [1.54, 1.807) is 16.0 Å². The molecule has 7 heteroatoms. The van der Waals surface area contributed by atoms with Crippen molar-refractivity contribution < 1.29 is 4.79 Å². The second kappa shape index (κ2) is 6.84. The number of carbonyl (C=O) groups excluding carboxylic acids is 1. The molecule has 2 aromatic rings. The first-order chi connectivity index (χ1) is 11.3. The average molecular weight is 367 g/mol. The third kappa shape index (κ3) is 3.49. The minimum atomic E-state index is -0.230. The van der Waals surface area contributed by atoms with Gasteiger partial charge in [0.2, 0.25) is 0 Å². The van der Waals surface area contributed by atoms with Crippen LogP contribution in [-0.2, 0) is 19.4 Å². The van der Waals surface area contributed by atoms with Crippen LogP contribution in [0.3, 0.4) is 0 Å². The molecule has 24 heavy (non-hydrogen) atoms. The zero-order valence-corrected chi connectivity index (χ0v) is 16.1. The van der Waals surface area contributed by atoms with E-state index in [1.807, 2.05) is 6.92 Å². The lowest BCUT2D eigenvalue weighted by atomic mass is 9.93. The summed E-state index contributed by atoms with van der Waals surface area (Å²) < 4.78 is 1.70. The number of hydrogen-bond acceptors (Lipinski definition) is 4. The number of nitrogens with zero attached hydrogens (tertiary/aromatic N) is 3. The van der Waals surface area contributed by atoms with E-state index in [1.165, 1.54) is 4.88 Å². The largest absolute Gasteiger partial charge is 0.298 e. The van der Waals surface area contributed by atoms with Crippen LogP contribution in [0.25, 0.3) is 0 Å². The third-order valence-electron chi connectivity index (χ3n) is 4.24. The van der Waals surface area contributed by atoms with E-state index < -0.39 is 0 Å². The molecule has 0 fully saturated rings. The minimum absolute atomic E-state index is 0.230. The molecule has 0 saturated carbocycles. The summed E-state index contributed by atoms with van der Waals surface area (Å²) in [6.45, 7) is 8.94. The Labute approximate surface area is 151 Å². The molecule has 3 rings (SSSR count). The molecular formula is C17H23ClN4OS. The molecule has 5 nitrogen and oxygen atoms in total. The van der Waals surface area contributed by atoms with Gasteiger partial charge in [-0.05, 0) is 38.0 Å². The fourth-order valence-corrected chi connectivity index (χ4v) is 4.53. The molecule has 1 atom stereocenters. The van der Waals surface area contributed by atoms with Gasteiger partial charge in [-0.25, -0.2) is 4.98 Å². The number of rotatable bonds is 4. The molecule has 0 bridgehead atoms. The van der Waals surface area contributed by atoms with Crippen molar-refractivity contribution in [1.82, 2.24) is 14.8 Å². The lowest BCUT2D eigenvalue weighted by molar-refractivity contribution is 0.102. The predicted molar refractivity (Wildman–Crippen MR) is 98.1 cm³/mol. The summed E-state index contributed by atoms with van der Waals surface area (Å²) in [6, 6.07) is 0. The van der Waals surface area contributed by atoms with Crippen molar-refractivity contribution >= 4 is 34.0 Å². The van der Waals surface area contributed by atoms with Crippen LogP contribution in [0.2, 0.25) is 5.15 Å². The summed E-state index contributed by atoms with van der Waals surface area (Å²) >= 11 is 7.96. The molecule has 2 heterocycles. The zero-order chi connectivity index (χ0) is 17.4. The quantitative estimate of drug-likeness (QED) is 0.875. The Morgan fingerprint density at radius 2 is 2.25 bits per heavy atom. The monoisotopic (exact) mass is 366 g/mol. The summed E-state index contributed by atoms with van der Waals surface area (Å²) in [6.07, 6.45) is 3.21. The van der Waals surface area contributed by atoms with Gasteiger partial charge in [-0.15, -0.1) is 11.3 Å². The smallest absolute Gasteiger partial charge is 0.262 e. The fourth-order valence-electron chi connectivity index (χ4n) is 3.03.